The Kier molecular flexibility index (Phi) is 8.48. The fourth-order valence-corrected chi connectivity index (χ4v) is 7.91. The van der Waals surface area contributed by atoms with Gasteiger partial charge in [0.15, 0.2) is 0 Å². The van der Waals surface area contributed by atoms with Crippen LogP contribution in [-0.2, 0) is 42.7 Å². The molecule has 6 aromatic rings. The largest absolute Gasteiger partial charge is 0.493 e. The van der Waals surface area contributed by atoms with E-state index < -0.39 is 5.97 Å². The average molecular weight is 672 g/mol. The number of carbonyl (C=O) groups is 1. The standard InChI is InChI=1S/C36H35ClFN5O3S/c1-20-32-30-11-10-28(37)34(32)33-21(2)39-40-29(33)19-47-18-25-17-26(42(3)41-25)8-6-22-14-23-16-24(38)7-9-27(23)31(15-22)46-13-5-12-43(30)35(20)36(44)45-4/h7,9-11,14-17H,5-6,8,12-13,18-19H2,1-4H3,(H,39,40). The minimum absolute atomic E-state index is 0.284. The quantitative estimate of drug-likeness (QED) is 0.178. The summed E-state index contributed by atoms with van der Waals surface area (Å²) in [4.78, 5) is 13.3. The highest BCUT2D eigenvalue weighted by Gasteiger charge is 2.27. The zero-order chi connectivity index (χ0) is 32.8. The van der Waals surface area contributed by atoms with Crippen LogP contribution in [0.1, 0.15) is 50.8 Å². The highest BCUT2D eigenvalue weighted by molar-refractivity contribution is 7.97. The number of ether oxygens (including phenoxy) is 2. The fourth-order valence-electron chi connectivity index (χ4n) is 6.80. The number of hydrogen-bond acceptors (Lipinski definition) is 6. The van der Waals surface area contributed by atoms with Crippen LogP contribution in [0.5, 0.6) is 5.75 Å². The number of fused-ring (bicyclic) bond motifs is 8. The van der Waals surface area contributed by atoms with Gasteiger partial charge in [0.2, 0.25) is 0 Å². The summed E-state index contributed by atoms with van der Waals surface area (Å²) in [6, 6.07) is 14.9. The number of aromatic amines is 1. The molecular weight excluding hydrogens is 637 g/mol. The number of halogens is 2. The van der Waals surface area contributed by atoms with Gasteiger partial charge < -0.3 is 14.0 Å². The molecule has 0 atom stereocenters. The van der Waals surface area contributed by atoms with Crippen molar-refractivity contribution in [1.29, 1.82) is 0 Å². The summed E-state index contributed by atoms with van der Waals surface area (Å²) in [7, 11) is 3.37. The van der Waals surface area contributed by atoms with Gasteiger partial charge in [-0.3, -0.25) is 9.78 Å². The molecule has 11 heteroatoms. The van der Waals surface area contributed by atoms with Gasteiger partial charge in [0.05, 0.1) is 25.1 Å². The van der Waals surface area contributed by atoms with Crippen LogP contribution in [0.2, 0.25) is 5.02 Å². The Hall–Kier alpha value is -4.28. The molecule has 0 spiro atoms. The molecule has 47 heavy (non-hydrogen) atoms. The molecule has 0 unspecified atom stereocenters. The molecule has 8 nitrogen and oxygen atoms in total. The maximum absolute atomic E-state index is 14.3. The smallest absolute Gasteiger partial charge is 0.354 e. The Morgan fingerprint density at radius 1 is 1.09 bits per heavy atom. The molecule has 0 amide bonds. The zero-order valence-electron chi connectivity index (χ0n) is 26.7. The van der Waals surface area contributed by atoms with Crippen molar-refractivity contribution in [3.8, 4) is 16.9 Å². The maximum atomic E-state index is 14.3. The van der Waals surface area contributed by atoms with Crippen LogP contribution in [0.15, 0.2) is 48.5 Å². The number of H-pyrrole nitrogens is 1. The lowest BCUT2D eigenvalue weighted by Crippen LogP contribution is -2.13. The van der Waals surface area contributed by atoms with Gasteiger partial charge in [0.1, 0.15) is 17.3 Å². The van der Waals surface area contributed by atoms with Gasteiger partial charge in [-0.1, -0.05) is 17.7 Å². The van der Waals surface area contributed by atoms with Crippen LogP contribution in [-0.4, -0.2) is 44.2 Å². The van der Waals surface area contributed by atoms with Crippen molar-refractivity contribution in [2.45, 2.75) is 51.2 Å². The maximum Gasteiger partial charge on any atom is 0.354 e. The molecule has 3 aromatic heterocycles. The first-order valence-corrected chi connectivity index (χ1v) is 17.1. The molecule has 7 rings (SSSR count). The summed E-state index contributed by atoms with van der Waals surface area (Å²) in [5.41, 5.74) is 8.95. The van der Waals surface area contributed by atoms with Crippen LogP contribution < -0.4 is 4.74 Å². The second kappa shape index (κ2) is 12.7. The number of carbonyl (C=O) groups excluding carboxylic acids is 1. The van der Waals surface area contributed by atoms with E-state index >= 15 is 0 Å². The lowest BCUT2D eigenvalue weighted by molar-refractivity contribution is 0.0587. The van der Waals surface area contributed by atoms with Gasteiger partial charge in [0.25, 0.3) is 0 Å². The lowest BCUT2D eigenvalue weighted by atomic mass is 9.97. The Morgan fingerprint density at radius 2 is 1.94 bits per heavy atom. The monoisotopic (exact) mass is 671 g/mol. The van der Waals surface area contributed by atoms with E-state index in [0.717, 1.165) is 79.5 Å². The summed E-state index contributed by atoms with van der Waals surface area (Å²) in [5.74, 6) is 1.38. The van der Waals surface area contributed by atoms with Gasteiger partial charge >= 0.3 is 5.97 Å². The summed E-state index contributed by atoms with van der Waals surface area (Å²) >= 11 is 8.72. The molecule has 0 saturated heterocycles. The van der Waals surface area contributed by atoms with Gasteiger partial charge in [0, 0.05) is 68.9 Å². The molecule has 3 aromatic carbocycles. The van der Waals surface area contributed by atoms with E-state index in [1.165, 1.54) is 13.2 Å². The van der Waals surface area contributed by atoms with E-state index in [1.54, 1.807) is 23.9 Å². The molecule has 8 bridgehead atoms. The predicted molar refractivity (Wildman–Crippen MR) is 185 cm³/mol. The van der Waals surface area contributed by atoms with Crippen molar-refractivity contribution in [2.24, 2.45) is 7.05 Å². The zero-order valence-corrected chi connectivity index (χ0v) is 28.3. The third-order valence-electron chi connectivity index (χ3n) is 8.98. The van der Waals surface area contributed by atoms with Crippen molar-refractivity contribution in [1.82, 2.24) is 24.5 Å². The van der Waals surface area contributed by atoms with Crippen LogP contribution in [0, 0.1) is 19.7 Å². The summed E-state index contributed by atoms with van der Waals surface area (Å²) in [5, 5.41) is 15.8. The summed E-state index contributed by atoms with van der Waals surface area (Å²) < 4.78 is 29.9. The molecule has 1 aliphatic heterocycles. The Morgan fingerprint density at radius 3 is 2.77 bits per heavy atom. The molecule has 242 valence electrons. The van der Waals surface area contributed by atoms with Crippen LogP contribution >= 0.6 is 23.4 Å². The van der Waals surface area contributed by atoms with Crippen molar-refractivity contribution < 1.29 is 18.7 Å². The second-order valence-electron chi connectivity index (χ2n) is 12.0. The number of thioether (sulfide) groups is 1. The first-order valence-electron chi connectivity index (χ1n) is 15.6. The predicted octanol–water partition coefficient (Wildman–Crippen LogP) is 8.12. The number of hydrogen-bond donors (Lipinski definition) is 1. The van der Waals surface area contributed by atoms with Crippen molar-refractivity contribution in [3.05, 3.63) is 99.0 Å². The van der Waals surface area contributed by atoms with Crippen LogP contribution in [0.25, 0.3) is 32.8 Å². The molecule has 1 N–H and O–H groups in total. The molecule has 0 saturated carbocycles. The highest BCUT2D eigenvalue weighted by atomic mass is 35.5. The second-order valence-corrected chi connectivity index (χ2v) is 13.4. The number of rotatable bonds is 1. The Balaban J connectivity index is 1.35. The molecule has 0 aliphatic carbocycles. The van der Waals surface area contributed by atoms with E-state index in [4.69, 9.17) is 26.2 Å². The van der Waals surface area contributed by atoms with Crippen LogP contribution in [0.3, 0.4) is 0 Å². The summed E-state index contributed by atoms with van der Waals surface area (Å²) in [6.45, 7) is 4.84. The fraction of sp³-hybridized carbons (Fsp3) is 0.306. The number of aryl methyl sites for hydroxylation is 6. The molecule has 4 heterocycles. The van der Waals surface area contributed by atoms with E-state index in [-0.39, 0.29) is 5.82 Å². The minimum atomic E-state index is -0.411. The van der Waals surface area contributed by atoms with Crippen molar-refractivity contribution >= 4 is 51.0 Å². The Labute approximate surface area is 281 Å². The molecule has 0 fully saturated rings. The number of esters is 1. The average Bonchev–Trinajstić information content (AvgIpc) is 3.69. The first kappa shape index (κ1) is 31.3. The third-order valence-corrected chi connectivity index (χ3v) is 10.3. The number of nitrogens with one attached hydrogen (secondary N) is 1. The van der Waals surface area contributed by atoms with E-state index in [0.29, 0.717) is 47.5 Å². The van der Waals surface area contributed by atoms with Crippen LogP contribution in [0.4, 0.5) is 4.39 Å². The highest BCUT2D eigenvalue weighted by Crippen LogP contribution is 2.43. The normalized spacial score (nSPS) is 14.2. The SMILES string of the molecule is COC(=O)c1c(C)c2c3c(Cl)ccc2n1CCCOc1cc(cc2cc(F)ccc12)CCc1cc(nn1C)CSCc1n[nH]c(C)c1-3. The van der Waals surface area contributed by atoms with E-state index in [1.807, 2.05) is 48.3 Å². The van der Waals surface area contributed by atoms with E-state index in [2.05, 4.69) is 22.3 Å². The van der Waals surface area contributed by atoms with E-state index in [9.17, 15) is 9.18 Å². The number of aromatic nitrogens is 5. The number of methoxy groups -OCH3 is 1. The molecule has 0 radical (unpaired) electrons. The van der Waals surface area contributed by atoms with Gasteiger partial charge in [-0.25, -0.2) is 9.18 Å². The first-order chi connectivity index (χ1) is 22.7. The van der Waals surface area contributed by atoms with Crippen molar-refractivity contribution in [2.75, 3.05) is 13.7 Å². The topological polar surface area (TPSA) is 87.0 Å². The summed E-state index contributed by atoms with van der Waals surface area (Å²) in [6.07, 6.45) is 2.15. The van der Waals surface area contributed by atoms with Gasteiger partial charge in [-0.05, 0) is 92.1 Å². The third kappa shape index (κ3) is 5.78. The van der Waals surface area contributed by atoms with Gasteiger partial charge in [-0.15, -0.1) is 11.8 Å². The number of nitrogens with zero attached hydrogens (tertiary/aromatic N) is 4. The van der Waals surface area contributed by atoms with Gasteiger partial charge in [-0.2, -0.15) is 10.2 Å². The molecular formula is C36H35ClFN5O3S. The lowest BCUT2D eigenvalue weighted by Gasteiger charge is -2.14. The molecule has 1 aliphatic rings. The van der Waals surface area contributed by atoms with Crippen molar-refractivity contribution in [3.63, 3.8) is 0 Å². The minimum Gasteiger partial charge on any atom is -0.493 e. The number of benzene rings is 3. The Bertz CT molecular complexity index is 2170.